The molecule has 0 saturated carbocycles. The molecule has 1 aliphatic rings. The molecule has 1 aliphatic heterocycles. The van der Waals surface area contributed by atoms with E-state index in [1.54, 1.807) is 0 Å². The molecule has 0 atom stereocenters. The van der Waals surface area contributed by atoms with E-state index in [1.165, 1.54) is 12.8 Å². The second-order valence-corrected chi connectivity index (χ2v) is 6.24. The predicted octanol–water partition coefficient (Wildman–Crippen LogP) is 3.08. The van der Waals surface area contributed by atoms with Crippen LogP contribution in [-0.4, -0.2) is 28.3 Å². The maximum atomic E-state index is 9.56. The topological polar surface area (TPSA) is 77.7 Å². The second-order valence-electron chi connectivity index (χ2n) is 6.24. The first-order chi connectivity index (χ1) is 12.3. The highest BCUT2D eigenvalue weighted by Gasteiger charge is 2.15. The predicted molar refractivity (Wildman–Crippen MR) is 98.5 cm³/mol. The average Bonchev–Trinajstić information content (AvgIpc) is 3.20. The summed E-state index contributed by atoms with van der Waals surface area (Å²) in [4.78, 5) is 6.79. The van der Waals surface area contributed by atoms with Crippen LogP contribution in [0.2, 0.25) is 0 Å². The van der Waals surface area contributed by atoms with Gasteiger partial charge in [-0.15, -0.1) is 5.10 Å². The van der Waals surface area contributed by atoms with Gasteiger partial charge in [0.05, 0.1) is 5.69 Å². The fourth-order valence-electron chi connectivity index (χ4n) is 3.29. The number of aryl methyl sites for hydroxylation is 1. The Morgan fingerprint density at radius 1 is 1.20 bits per heavy atom. The van der Waals surface area contributed by atoms with Crippen LogP contribution < -0.4 is 10.2 Å². The standard InChI is InChI=1S/C19H24N6/c1-3-15-16(12-20)19(24-23-17(15)4-2)22-13-14-7-8-21-18(11-14)25-9-5-6-10-25/h7-8,11H,3-6,9-10,13H2,1-2H3,(H,22,24). The molecule has 0 radical (unpaired) electrons. The monoisotopic (exact) mass is 336 g/mol. The van der Waals surface area contributed by atoms with Gasteiger partial charge in [0.15, 0.2) is 5.82 Å². The molecule has 0 unspecified atom stereocenters. The summed E-state index contributed by atoms with van der Waals surface area (Å²) in [6.07, 6.45) is 5.88. The van der Waals surface area contributed by atoms with Gasteiger partial charge in [-0.3, -0.25) is 0 Å². The molecule has 0 amide bonds. The van der Waals surface area contributed by atoms with Crippen molar-refractivity contribution < 1.29 is 0 Å². The minimum absolute atomic E-state index is 0.566. The molecule has 1 saturated heterocycles. The van der Waals surface area contributed by atoms with E-state index in [-0.39, 0.29) is 0 Å². The second kappa shape index (κ2) is 7.93. The lowest BCUT2D eigenvalue weighted by atomic mass is 10.0. The zero-order valence-corrected chi connectivity index (χ0v) is 14.9. The molecular formula is C19H24N6. The molecule has 0 bridgehead atoms. The zero-order valence-electron chi connectivity index (χ0n) is 14.9. The number of anilines is 2. The molecule has 1 fully saturated rings. The van der Waals surface area contributed by atoms with E-state index in [2.05, 4.69) is 37.5 Å². The first-order valence-corrected chi connectivity index (χ1v) is 8.99. The number of hydrogen-bond acceptors (Lipinski definition) is 6. The summed E-state index contributed by atoms with van der Waals surface area (Å²) in [7, 11) is 0. The van der Waals surface area contributed by atoms with Gasteiger partial charge in [-0.25, -0.2) is 4.98 Å². The van der Waals surface area contributed by atoms with Crippen molar-refractivity contribution in [2.75, 3.05) is 23.3 Å². The Kier molecular flexibility index (Phi) is 5.44. The van der Waals surface area contributed by atoms with Gasteiger partial charge < -0.3 is 10.2 Å². The Labute approximate surface area is 148 Å². The normalized spacial score (nSPS) is 13.7. The van der Waals surface area contributed by atoms with Gasteiger partial charge in [-0.1, -0.05) is 13.8 Å². The van der Waals surface area contributed by atoms with Crippen LogP contribution in [-0.2, 0) is 19.4 Å². The molecule has 2 aromatic rings. The molecule has 0 aliphatic carbocycles. The van der Waals surface area contributed by atoms with E-state index in [0.29, 0.717) is 17.9 Å². The maximum absolute atomic E-state index is 9.56. The van der Waals surface area contributed by atoms with Crippen molar-refractivity contribution in [3.63, 3.8) is 0 Å². The van der Waals surface area contributed by atoms with E-state index in [9.17, 15) is 5.26 Å². The van der Waals surface area contributed by atoms with E-state index < -0.39 is 0 Å². The highest BCUT2D eigenvalue weighted by molar-refractivity contribution is 5.57. The van der Waals surface area contributed by atoms with Gasteiger partial charge in [0.1, 0.15) is 17.5 Å². The van der Waals surface area contributed by atoms with Gasteiger partial charge in [0, 0.05) is 25.8 Å². The van der Waals surface area contributed by atoms with Crippen LogP contribution in [0.4, 0.5) is 11.6 Å². The highest BCUT2D eigenvalue weighted by Crippen LogP contribution is 2.22. The number of aromatic nitrogens is 3. The first-order valence-electron chi connectivity index (χ1n) is 8.99. The van der Waals surface area contributed by atoms with Crippen molar-refractivity contribution in [1.82, 2.24) is 15.2 Å². The molecule has 0 spiro atoms. The number of pyridine rings is 1. The fraction of sp³-hybridized carbons (Fsp3) is 0.474. The van der Waals surface area contributed by atoms with Crippen LogP contribution in [0.1, 0.15) is 49.1 Å². The summed E-state index contributed by atoms with van der Waals surface area (Å²) in [5.41, 5.74) is 3.64. The minimum atomic E-state index is 0.566. The smallest absolute Gasteiger partial charge is 0.167 e. The van der Waals surface area contributed by atoms with Crippen molar-refractivity contribution in [1.29, 1.82) is 5.26 Å². The van der Waals surface area contributed by atoms with Crippen molar-refractivity contribution in [3.8, 4) is 6.07 Å². The Hall–Kier alpha value is -2.68. The Bertz CT molecular complexity index is 774. The van der Waals surface area contributed by atoms with Crippen LogP contribution >= 0.6 is 0 Å². The van der Waals surface area contributed by atoms with E-state index in [4.69, 9.17) is 0 Å². The molecule has 2 aromatic heterocycles. The lowest BCUT2D eigenvalue weighted by Gasteiger charge is -2.17. The third-order valence-electron chi connectivity index (χ3n) is 4.66. The summed E-state index contributed by atoms with van der Waals surface area (Å²) in [6, 6.07) is 6.40. The first kappa shape index (κ1) is 17.2. The summed E-state index contributed by atoms with van der Waals surface area (Å²) in [5, 5.41) is 21.4. The minimum Gasteiger partial charge on any atom is -0.363 e. The molecule has 25 heavy (non-hydrogen) atoms. The zero-order chi connectivity index (χ0) is 17.6. The summed E-state index contributed by atoms with van der Waals surface area (Å²) >= 11 is 0. The highest BCUT2D eigenvalue weighted by atomic mass is 15.2. The van der Waals surface area contributed by atoms with Crippen LogP contribution in [0.5, 0.6) is 0 Å². The number of hydrogen-bond donors (Lipinski definition) is 1. The van der Waals surface area contributed by atoms with Gasteiger partial charge in [-0.05, 0) is 48.9 Å². The van der Waals surface area contributed by atoms with E-state index >= 15 is 0 Å². The molecule has 3 rings (SSSR count). The Morgan fingerprint density at radius 2 is 2.00 bits per heavy atom. The molecule has 130 valence electrons. The summed E-state index contributed by atoms with van der Waals surface area (Å²) in [6.45, 7) is 6.83. The lowest BCUT2D eigenvalue weighted by molar-refractivity contribution is 0.868. The van der Waals surface area contributed by atoms with Gasteiger partial charge in [0.2, 0.25) is 0 Å². The molecular weight excluding hydrogens is 312 g/mol. The Balaban J connectivity index is 1.78. The lowest BCUT2D eigenvalue weighted by Crippen LogP contribution is -2.19. The van der Waals surface area contributed by atoms with Gasteiger partial charge in [-0.2, -0.15) is 10.4 Å². The maximum Gasteiger partial charge on any atom is 0.167 e. The molecule has 3 heterocycles. The largest absolute Gasteiger partial charge is 0.363 e. The van der Waals surface area contributed by atoms with Crippen molar-refractivity contribution >= 4 is 11.6 Å². The molecule has 6 nitrogen and oxygen atoms in total. The van der Waals surface area contributed by atoms with E-state index in [0.717, 1.165) is 48.6 Å². The number of nitrogens with zero attached hydrogens (tertiary/aromatic N) is 5. The molecule has 6 heteroatoms. The molecule has 1 N–H and O–H groups in total. The van der Waals surface area contributed by atoms with Crippen LogP contribution in [0, 0.1) is 11.3 Å². The van der Waals surface area contributed by atoms with Crippen LogP contribution in [0.15, 0.2) is 18.3 Å². The van der Waals surface area contributed by atoms with Gasteiger partial charge in [0.25, 0.3) is 0 Å². The van der Waals surface area contributed by atoms with Crippen molar-refractivity contribution in [2.24, 2.45) is 0 Å². The van der Waals surface area contributed by atoms with E-state index in [1.807, 2.05) is 26.1 Å². The molecule has 0 aromatic carbocycles. The number of rotatable bonds is 6. The van der Waals surface area contributed by atoms with Crippen LogP contribution in [0.25, 0.3) is 0 Å². The van der Waals surface area contributed by atoms with Gasteiger partial charge >= 0.3 is 0 Å². The van der Waals surface area contributed by atoms with Crippen LogP contribution in [0.3, 0.4) is 0 Å². The summed E-state index contributed by atoms with van der Waals surface area (Å²) in [5.74, 6) is 1.59. The average molecular weight is 336 g/mol. The quantitative estimate of drug-likeness (QED) is 0.873. The number of nitrogens with one attached hydrogen (secondary N) is 1. The third kappa shape index (κ3) is 3.71. The van der Waals surface area contributed by atoms with Crippen molar-refractivity contribution in [2.45, 2.75) is 46.1 Å². The van der Waals surface area contributed by atoms with Crippen molar-refractivity contribution in [3.05, 3.63) is 40.7 Å². The third-order valence-corrected chi connectivity index (χ3v) is 4.66. The Morgan fingerprint density at radius 3 is 2.68 bits per heavy atom. The fourth-order valence-corrected chi connectivity index (χ4v) is 3.29. The number of nitriles is 1. The summed E-state index contributed by atoms with van der Waals surface area (Å²) < 4.78 is 0. The SMILES string of the molecule is CCc1nnc(NCc2ccnc(N3CCCC3)c2)c(C#N)c1CC.